The highest BCUT2D eigenvalue weighted by atomic mass is 16.2. The number of anilines is 1. The van der Waals surface area contributed by atoms with Gasteiger partial charge in [-0.05, 0) is 24.3 Å². The first-order valence-corrected chi connectivity index (χ1v) is 8.90. The van der Waals surface area contributed by atoms with Gasteiger partial charge < -0.3 is 14.8 Å². The van der Waals surface area contributed by atoms with E-state index >= 15 is 0 Å². The van der Waals surface area contributed by atoms with Crippen LogP contribution in [0.1, 0.15) is 12.1 Å². The van der Waals surface area contributed by atoms with Gasteiger partial charge in [-0.15, -0.1) is 0 Å². The SMILES string of the molecule is CN(C)c1nc2ccccc2n(CCC(=O)NCCc2ccccn2)c1=O. The second kappa shape index (κ2) is 8.44. The maximum Gasteiger partial charge on any atom is 0.293 e. The number of hydrogen-bond acceptors (Lipinski definition) is 5. The number of pyridine rings is 1. The summed E-state index contributed by atoms with van der Waals surface area (Å²) in [4.78, 5) is 35.3. The molecule has 0 saturated carbocycles. The van der Waals surface area contributed by atoms with Crippen LogP contribution in [-0.4, -0.2) is 41.1 Å². The van der Waals surface area contributed by atoms with E-state index in [1.165, 1.54) is 0 Å². The number of nitrogens with zero attached hydrogens (tertiary/aromatic N) is 4. The summed E-state index contributed by atoms with van der Waals surface area (Å²) in [6, 6.07) is 13.2. The average molecular weight is 365 g/mol. The van der Waals surface area contributed by atoms with Crippen LogP contribution in [0.15, 0.2) is 53.5 Å². The molecule has 0 radical (unpaired) electrons. The predicted octanol–water partition coefficient (Wildman–Crippen LogP) is 1.61. The Kier molecular flexibility index (Phi) is 5.80. The van der Waals surface area contributed by atoms with Crippen molar-refractivity contribution in [1.82, 2.24) is 19.9 Å². The summed E-state index contributed by atoms with van der Waals surface area (Å²) in [7, 11) is 3.57. The van der Waals surface area contributed by atoms with Crippen molar-refractivity contribution in [3.05, 3.63) is 64.7 Å². The average Bonchev–Trinajstić information content (AvgIpc) is 2.67. The molecule has 1 aromatic carbocycles. The van der Waals surface area contributed by atoms with E-state index in [1.54, 1.807) is 29.8 Å². The maximum absolute atomic E-state index is 12.8. The molecule has 0 aliphatic rings. The number of carbonyl (C=O) groups excluding carboxylic acids is 1. The van der Waals surface area contributed by atoms with Crippen LogP contribution in [0.2, 0.25) is 0 Å². The molecule has 0 atom stereocenters. The number of carbonyl (C=O) groups is 1. The van der Waals surface area contributed by atoms with Crippen LogP contribution in [0.4, 0.5) is 5.82 Å². The molecule has 0 saturated heterocycles. The van der Waals surface area contributed by atoms with Crippen LogP contribution in [0.25, 0.3) is 11.0 Å². The summed E-state index contributed by atoms with van der Waals surface area (Å²) in [6.45, 7) is 0.822. The van der Waals surface area contributed by atoms with Crippen LogP contribution in [0, 0.1) is 0 Å². The highest BCUT2D eigenvalue weighted by molar-refractivity contribution is 5.78. The van der Waals surface area contributed by atoms with E-state index in [2.05, 4.69) is 15.3 Å². The molecule has 2 heterocycles. The molecule has 7 nitrogen and oxygen atoms in total. The molecule has 0 unspecified atom stereocenters. The third kappa shape index (κ3) is 4.49. The zero-order valence-corrected chi connectivity index (χ0v) is 15.6. The number of aryl methyl sites for hydroxylation is 1. The van der Waals surface area contributed by atoms with Gasteiger partial charge in [0.1, 0.15) is 0 Å². The zero-order valence-electron chi connectivity index (χ0n) is 15.6. The lowest BCUT2D eigenvalue weighted by Crippen LogP contribution is -2.32. The van der Waals surface area contributed by atoms with E-state index in [9.17, 15) is 9.59 Å². The fourth-order valence-electron chi connectivity index (χ4n) is 2.87. The van der Waals surface area contributed by atoms with E-state index < -0.39 is 0 Å². The Bertz CT molecular complexity index is 983. The maximum atomic E-state index is 12.8. The lowest BCUT2D eigenvalue weighted by Gasteiger charge is -2.16. The molecule has 3 rings (SSSR count). The molecule has 0 fully saturated rings. The molecule has 0 spiro atoms. The van der Waals surface area contributed by atoms with Gasteiger partial charge in [0.15, 0.2) is 5.82 Å². The minimum atomic E-state index is -0.194. The number of fused-ring (bicyclic) bond motifs is 1. The molecule has 0 aliphatic carbocycles. The van der Waals surface area contributed by atoms with Gasteiger partial charge >= 0.3 is 0 Å². The molecule has 1 N–H and O–H groups in total. The normalized spacial score (nSPS) is 10.7. The fraction of sp³-hybridized carbons (Fsp3) is 0.300. The number of benzene rings is 1. The van der Waals surface area contributed by atoms with Crippen molar-refractivity contribution >= 4 is 22.8 Å². The zero-order chi connectivity index (χ0) is 19.2. The number of nitrogens with one attached hydrogen (secondary N) is 1. The van der Waals surface area contributed by atoms with Gasteiger partial charge in [-0.2, -0.15) is 0 Å². The number of amides is 1. The molecule has 3 aromatic rings. The smallest absolute Gasteiger partial charge is 0.293 e. The summed E-state index contributed by atoms with van der Waals surface area (Å²) >= 11 is 0. The van der Waals surface area contributed by atoms with Crippen molar-refractivity contribution in [3.8, 4) is 0 Å². The van der Waals surface area contributed by atoms with Crippen LogP contribution in [-0.2, 0) is 17.8 Å². The Morgan fingerprint density at radius 3 is 2.67 bits per heavy atom. The summed E-state index contributed by atoms with van der Waals surface area (Å²) in [5, 5.41) is 2.89. The Balaban J connectivity index is 1.68. The molecular formula is C20H23N5O2. The molecule has 7 heteroatoms. The van der Waals surface area contributed by atoms with Crippen LogP contribution < -0.4 is 15.8 Å². The quantitative estimate of drug-likeness (QED) is 0.688. The van der Waals surface area contributed by atoms with Gasteiger partial charge in [-0.3, -0.25) is 14.6 Å². The Morgan fingerprint density at radius 1 is 1.15 bits per heavy atom. The Labute approximate surface area is 157 Å². The molecule has 2 aromatic heterocycles. The largest absolute Gasteiger partial charge is 0.358 e. The van der Waals surface area contributed by atoms with Gasteiger partial charge in [0.05, 0.1) is 11.0 Å². The molecule has 140 valence electrons. The number of hydrogen-bond donors (Lipinski definition) is 1. The molecule has 27 heavy (non-hydrogen) atoms. The van der Waals surface area contributed by atoms with Crippen molar-refractivity contribution in [2.24, 2.45) is 0 Å². The van der Waals surface area contributed by atoms with E-state index in [-0.39, 0.29) is 17.9 Å². The minimum absolute atomic E-state index is 0.0925. The van der Waals surface area contributed by atoms with Crippen LogP contribution in [0.3, 0.4) is 0 Å². The van der Waals surface area contributed by atoms with Gasteiger partial charge in [-0.1, -0.05) is 18.2 Å². The number of rotatable bonds is 7. The topological polar surface area (TPSA) is 80.1 Å². The highest BCUT2D eigenvalue weighted by Crippen LogP contribution is 2.13. The lowest BCUT2D eigenvalue weighted by atomic mass is 10.2. The van der Waals surface area contributed by atoms with Gasteiger partial charge in [0.25, 0.3) is 5.56 Å². The van der Waals surface area contributed by atoms with Gasteiger partial charge in [0.2, 0.25) is 5.91 Å². The summed E-state index contributed by atoms with van der Waals surface area (Å²) in [6.07, 6.45) is 2.64. The summed E-state index contributed by atoms with van der Waals surface area (Å²) in [5.74, 6) is 0.273. The lowest BCUT2D eigenvalue weighted by molar-refractivity contribution is -0.121. The van der Waals surface area contributed by atoms with Crippen molar-refractivity contribution in [2.75, 3.05) is 25.5 Å². The summed E-state index contributed by atoms with van der Waals surface area (Å²) in [5.41, 5.74) is 2.20. The second-order valence-electron chi connectivity index (χ2n) is 6.45. The third-order valence-corrected chi connectivity index (χ3v) is 4.25. The van der Waals surface area contributed by atoms with Crippen molar-refractivity contribution < 1.29 is 4.79 Å². The Morgan fingerprint density at radius 2 is 1.93 bits per heavy atom. The van der Waals surface area contributed by atoms with E-state index in [0.29, 0.717) is 25.3 Å². The monoisotopic (exact) mass is 365 g/mol. The van der Waals surface area contributed by atoms with E-state index in [0.717, 1.165) is 16.7 Å². The predicted molar refractivity (Wildman–Crippen MR) is 106 cm³/mol. The van der Waals surface area contributed by atoms with E-state index in [1.807, 2.05) is 42.5 Å². The highest BCUT2D eigenvalue weighted by Gasteiger charge is 2.13. The molecular weight excluding hydrogens is 342 g/mol. The molecule has 1 amide bonds. The van der Waals surface area contributed by atoms with Gasteiger partial charge in [-0.25, -0.2) is 4.98 Å². The number of para-hydroxylation sites is 2. The van der Waals surface area contributed by atoms with Crippen LogP contribution in [0.5, 0.6) is 0 Å². The minimum Gasteiger partial charge on any atom is -0.358 e. The number of aromatic nitrogens is 3. The summed E-state index contributed by atoms with van der Waals surface area (Å²) < 4.78 is 1.62. The molecule has 0 bridgehead atoms. The molecule has 0 aliphatic heterocycles. The third-order valence-electron chi connectivity index (χ3n) is 4.25. The Hall–Kier alpha value is -3.22. The van der Waals surface area contributed by atoms with Crippen molar-refractivity contribution in [2.45, 2.75) is 19.4 Å². The first-order chi connectivity index (χ1) is 13.1. The first kappa shape index (κ1) is 18.6. The van der Waals surface area contributed by atoms with Crippen molar-refractivity contribution in [1.29, 1.82) is 0 Å². The standard InChI is InChI=1S/C20H23N5O2/c1-24(2)19-20(27)25(17-9-4-3-8-16(17)23-19)14-11-18(26)22-13-10-15-7-5-6-12-21-15/h3-9,12H,10-11,13-14H2,1-2H3,(H,22,26). The first-order valence-electron chi connectivity index (χ1n) is 8.90. The van der Waals surface area contributed by atoms with Crippen LogP contribution >= 0.6 is 0 Å². The fourth-order valence-corrected chi connectivity index (χ4v) is 2.87. The van der Waals surface area contributed by atoms with E-state index in [4.69, 9.17) is 0 Å². The van der Waals surface area contributed by atoms with Crippen molar-refractivity contribution in [3.63, 3.8) is 0 Å². The van der Waals surface area contributed by atoms with Gasteiger partial charge in [0, 0.05) is 51.9 Å². The second-order valence-corrected chi connectivity index (χ2v) is 6.45.